The highest BCUT2D eigenvalue weighted by Gasteiger charge is 1.86. The summed E-state index contributed by atoms with van der Waals surface area (Å²) < 4.78 is 3.87. The number of hydrogen-bond acceptors (Lipinski definition) is 2. The van der Waals surface area contributed by atoms with Crippen molar-refractivity contribution in [1.82, 2.24) is 0 Å². The molecule has 0 spiro atoms. The predicted octanol–water partition coefficient (Wildman–Crippen LogP) is 0.0988. The second-order valence-corrected chi connectivity index (χ2v) is 2.18. The van der Waals surface area contributed by atoms with Gasteiger partial charge in [-0.3, -0.25) is 5.26 Å². The fourth-order valence-electron chi connectivity index (χ4n) is 0.171. The van der Waals surface area contributed by atoms with Crippen molar-refractivity contribution >= 4 is 15.6 Å². The minimum Gasteiger partial charge on any atom is -0.412 e. The lowest BCUT2D eigenvalue weighted by molar-refractivity contribution is -0.138. The molecule has 3 N–H and O–H groups in total. The summed E-state index contributed by atoms with van der Waals surface area (Å²) in [5.74, 6) is 0. The fourth-order valence-corrected chi connectivity index (χ4v) is 0.512. The highest BCUT2D eigenvalue weighted by atomic mass is 27.1. The molecule has 4 heteroatoms. The first-order chi connectivity index (χ1) is 2.91. The maximum atomic E-state index is 7.73. The molecule has 0 aromatic heterocycles. The molecule has 7 heavy (non-hydrogen) atoms. The molecule has 0 saturated carbocycles. The van der Waals surface area contributed by atoms with Gasteiger partial charge in [-0.25, -0.2) is 0 Å². The van der Waals surface area contributed by atoms with Crippen molar-refractivity contribution in [2.75, 3.05) is 0 Å². The van der Waals surface area contributed by atoms with Crippen molar-refractivity contribution in [3.8, 4) is 0 Å². The molecule has 0 aliphatic heterocycles. The molecule has 0 atom stereocenters. The summed E-state index contributed by atoms with van der Waals surface area (Å²) in [6.07, 6.45) is 1.11. The van der Waals surface area contributed by atoms with E-state index in [2.05, 4.69) is 10.9 Å². The van der Waals surface area contributed by atoms with E-state index in [0.717, 1.165) is 11.7 Å². The molecule has 0 rings (SSSR count). The van der Waals surface area contributed by atoms with E-state index >= 15 is 0 Å². The van der Waals surface area contributed by atoms with Gasteiger partial charge in [0.2, 0.25) is 0 Å². The molecule has 0 heterocycles. The van der Waals surface area contributed by atoms with E-state index < -0.39 is 0 Å². The zero-order chi connectivity index (χ0) is 4.83. The van der Waals surface area contributed by atoms with Crippen molar-refractivity contribution < 1.29 is 14.7 Å². The minimum absolute atomic E-state index is 0. The Morgan fingerprint density at radius 1 is 1.71 bits per heavy atom. The monoisotopic (exact) mass is 121 g/mol. The summed E-state index contributed by atoms with van der Waals surface area (Å²) in [5, 5.41) is 8.76. The van der Waals surface area contributed by atoms with Crippen LogP contribution in [0, 0.1) is 0 Å². The van der Waals surface area contributed by atoms with Crippen molar-refractivity contribution in [2.45, 2.75) is 18.6 Å². The summed E-state index contributed by atoms with van der Waals surface area (Å²) in [7, 11) is 0. The molecule has 0 aliphatic carbocycles. The molecule has 0 fully saturated rings. The summed E-state index contributed by atoms with van der Waals surface area (Å²) >= 11 is -0.126. The van der Waals surface area contributed by atoms with E-state index in [0.29, 0.717) is 0 Å². The van der Waals surface area contributed by atoms with Crippen LogP contribution in [-0.2, 0) is 3.94 Å². The minimum atomic E-state index is -0.126. The van der Waals surface area contributed by atoms with Gasteiger partial charge in [0.05, 0.1) is 0 Å². The Hall–Kier alpha value is 0.412. The summed E-state index contributed by atoms with van der Waals surface area (Å²) in [6.45, 7) is 2.06. The first kappa shape index (κ1) is 10.4. The van der Waals surface area contributed by atoms with Crippen LogP contribution in [0.1, 0.15) is 13.3 Å². The molecule has 0 aromatic carbocycles. The zero-order valence-corrected chi connectivity index (χ0v) is 5.50. The second kappa shape index (κ2) is 9.65. The fraction of sp³-hybridized carbons (Fsp3) is 1.00. The van der Waals surface area contributed by atoms with Gasteiger partial charge in [-0.2, -0.15) is 0 Å². The van der Waals surface area contributed by atoms with Crippen LogP contribution < -0.4 is 0 Å². The van der Waals surface area contributed by atoms with Gasteiger partial charge < -0.3 is 9.42 Å². The Morgan fingerprint density at radius 2 is 2.29 bits per heavy atom. The van der Waals surface area contributed by atoms with Gasteiger partial charge in [0.25, 0.3) is 0 Å². The van der Waals surface area contributed by atoms with Crippen LogP contribution in [0.5, 0.6) is 0 Å². The molecular formula is C3H10AlO3. The van der Waals surface area contributed by atoms with Crippen molar-refractivity contribution in [2.24, 2.45) is 0 Å². The van der Waals surface area contributed by atoms with Gasteiger partial charge in [-0.1, -0.05) is 18.6 Å². The predicted molar refractivity (Wildman–Crippen MR) is 28.2 cm³/mol. The number of hydrogen-bond donors (Lipinski definition) is 1. The topological polar surface area (TPSA) is 61.0 Å². The smallest absolute Gasteiger partial charge is 0.412 e. The highest BCUT2D eigenvalue weighted by Crippen LogP contribution is 1.82. The molecule has 0 unspecified atom stereocenters. The van der Waals surface area contributed by atoms with Crippen LogP contribution in [0.3, 0.4) is 0 Å². The van der Waals surface area contributed by atoms with Crippen LogP contribution in [-0.4, -0.2) is 26.3 Å². The van der Waals surface area contributed by atoms with E-state index in [1.54, 1.807) is 0 Å². The van der Waals surface area contributed by atoms with Gasteiger partial charge >= 0.3 is 15.6 Å². The lowest BCUT2D eigenvalue weighted by atomic mass is 10.6. The number of rotatable bonds is 3. The van der Waals surface area contributed by atoms with E-state index in [4.69, 9.17) is 5.26 Å². The van der Waals surface area contributed by atoms with E-state index in [1.165, 1.54) is 0 Å². The standard InChI is InChI=1S/C3H7.Al.H2O2.H2O/c1-3-2;;1-2;/h1,3H2,2H3;;1-2H;1H2/q;+1;;/p-1. The quantitative estimate of drug-likeness (QED) is 0.249. The largest absolute Gasteiger partial charge is 0.481 e. The van der Waals surface area contributed by atoms with Crippen LogP contribution in [0.15, 0.2) is 0 Å². The van der Waals surface area contributed by atoms with Gasteiger partial charge in [0, 0.05) is 0 Å². The first-order valence-electron chi connectivity index (χ1n) is 2.03. The molecule has 0 aliphatic rings. The molecule has 3 nitrogen and oxygen atoms in total. The summed E-state index contributed by atoms with van der Waals surface area (Å²) in [4.78, 5) is 0. The van der Waals surface area contributed by atoms with Crippen molar-refractivity contribution in [3.05, 3.63) is 0 Å². The third-order valence-corrected chi connectivity index (χ3v) is 1.44. The van der Waals surface area contributed by atoms with Gasteiger partial charge in [-0.05, 0) is 0 Å². The molecule has 0 saturated heterocycles. The molecule has 0 aromatic rings. The van der Waals surface area contributed by atoms with Crippen LogP contribution >= 0.6 is 0 Å². The Kier molecular flexibility index (Phi) is 14.3. The Morgan fingerprint density at radius 3 is 2.43 bits per heavy atom. The Bertz CT molecular complexity index is 22.1. The normalized spacial score (nSPS) is 7.14. The lowest BCUT2D eigenvalue weighted by Crippen LogP contribution is -1.89. The Labute approximate surface area is 49.6 Å². The average Bonchev–Trinajstić information content (AvgIpc) is 1.61. The molecule has 1 radical (unpaired) electrons. The maximum absolute atomic E-state index is 7.73. The van der Waals surface area contributed by atoms with Gasteiger partial charge in [0.15, 0.2) is 0 Å². The van der Waals surface area contributed by atoms with Crippen molar-refractivity contribution in [3.63, 3.8) is 0 Å². The lowest BCUT2D eigenvalue weighted by Gasteiger charge is -1.83. The molecule has 0 bridgehead atoms. The van der Waals surface area contributed by atoms with Crippen molar-refractivity contribution in [1.29, 1.82) is 0 Å². The molecule has 0 amide bonds. The van der Waals surface area contributed by atoms with Crippen LogP contribution in [0.2, 0.25) is 5.28 Å². The summed E-state index contributed by atoms with van der Waals surface area (Å²) in [5.41, 5.74) is 0. The van der Waals surface area contributed by atoms with E-state index in [9.17, 15) is 0 Å². The first-order valence-corrected chi connectivity index (χ1v) is 3.32. The third-order valence-electron chi connectivity index (χ3n) is 0.481. The van der Waals surface area contributed by atoms with Crippen LogP contribution in [0.25, 0.3) is 0 Å². The summed E-state index contributed by atoms with van der Waals surface area (Å²) in [6, 6.07) is 0. The van der Waals surface area contributed by atoms with Crippen LogP contribution in [0.4, 0.5) is 0 Å². The van der Waals surface area contributed by atoms with Gasteiger partial charge in [0.1, 0.15) is 0 Å². The zero-order valence-electron chi connectivity index (χ0n) is 4.35. The Balaban J connectivity index is 0. The molecule has 43 valence electrons. The molecular weight excluding hydrogens is 111 g/mol. The highest BCUT2D eigenvalue weighted by molar-refractivity contribution is 6.26. The van der Waals surface area contributed by atoms with E-state index in [1.807, 2.05) is 0 Å². The second-order valence-electron chi connectivity index (χ2n) is 1.06. The third kappa shape index (κ3) is 10.7. The van der Waals surface area contributed by atoms with Gasteiger partial charge in [-0.15, -0.1) is 0 Å². The average molecular weight is 121 g/mol. The van der Waals surface area contributed by atoms with E-state index in [-0.39, 0.29) is 21.0 Å². The maximum Gasteiger partial charge on any atom is 0.481 e. The SMILES string of the molecule is CC[CH2][Al][O]O.O.